The summed E-state index contributed by atoms with van der Waals surface area (Å²) in [4.78, 5) is 12.4. The molecule has 32 heavy (non-hydrogen) atoms. The first kappa shape index (κ1) is 23.9. The normalized spacial score (nSPS) is 14.9. The van der Waals surface area contributed by atoms with Crippen LogP contribution in [-0.4, -0.2) is 58.5 Å². The lowest BCUT2D eigenvalue weighted by Crippen LogP contribution is -2.33. The van der Waals surface area contributed by atoms with Crippen molar-refractivity contribution < 1.29 is 22.7 Å². The number of hydrogen-bond donors (Lipinski definition) is 2. The first-order chi connectivity index (χ1) is 15.5. The molecule has 0 saturated carbocycles. The highest BCUT2D eigenvalue weighted by Gasteiger charge is 2.26. The zero-order valence-corrected chi connectivity index (χ0v) is 19.2. The van der Waals surface area contributed by atoms with E-state index in [1.807, 2.05) is 30.3 Å². The van der Waals surface area contributed by atoms with Crippen molar-refractivity contribution in [1.82, 2.24) is 9.62 Å². The minimum absolute atomic E-state index is 0.0189. The Balaban J connectivity index is 1.56. The second kappa shape index (κ2) is 11.7. The molecular weight excluding hydrogens is 430 g/mol. The van der Waals surface area contributed by atoms with E-state index in [2.05, 4.69) is 10.6 Å². The number of rotatable bonds is 10. The van der Waals surface area contributed by atoms with Gasteiger partial charge in [0.05, 0.1) is 30.8 Å². The van der Waals surface area contributed by atoms with E-state index >= 15 is 0 Å². The molecule has 0 aliphatic carbocycles. The predicted molar refractivity (Wildman–Crippen MR) is 124 cm³/mol. The number of methoxy groups -OCH3 is 1. The molecule has 8 nitrogen and oxygen atoms in total. The van der Waals surface area contributed by atoms with Crippen LogP contribution in [0.4, 0.5) is 5.69 Å². The average molecular weight is 462 g/mol. The molecule has 0 bridgehead atoms. The fourth-order valence-corrected chi connectivity index (χ4v) is 5.07. The summed E-state index contributed by atoms with van der Waals surface area (Å²) in [5, 5.41) is 5.76. The second-order valence-corrected chi connectivity index (χ2v) is 9.48. The third-order valence-electron chi connectivity index (χ3n) is 5.25. The number of nitrogens with one attached hydrogen (secondary N) is 2. The summed E-state index contributed by atoms with van der Waals surface area (Å²) in [7, 11) is -2.09. The topological polar surface area (TPSA) is 97.0 Å². The lowest BCUT2D eigenvalue weighted by Gasteiger charge is -2.21. The van der Waals surface area contributed by atoms with Gasteiger partial charge < -0.3 is 20.1 Å². The van der Waals surface area contributed by atoms with Crippen LogP contribution in [0.3, 0.4) is 0 Å². The maximum absolute atomic E-state index is 13.1. The first-order valence-corrected chi connectivity index (χ1v) is 12.3. The summed E-state index contributed by atoms with van der Waals surface area (Å²) in [6, 6.07) is 14.1. The van der Waals surface area contributed by atoms with Crippen molar-refractivity contribution in [3.05, 3.63) is 48.5 Å². The van der Waals surface area contributed by atoms with Gasteiger partial charge in [-0.15, -0.1) is 0 Å². The van der Waals surface area contributed by atoms with E-state index in [9.17, 15) is 13.2 Å². The van der Waals surface area contributed by atoms with E-state index in [0.717, 1.165) is 31.4 Å². The van der Waals surface area contributed by atoms with Crippen molar-refractivity contribution >= 4 is 21.6 Å². The molecule has 2 aromatic rings. The van der Waals surface area contributed by atoms with Crippen LogP contribution in [0.5, 0.6) is 11.5 Å². The number of carbonyl (C=O) groups is 1. The minimum Gasteiger partial charge on any atom is -0.495 e. The molecule has 1 aliphatic rings. The Bertz CT molecular complexity index is 974. The molecule has 2 aromatic carbocycles. The molecule has 0 unspecified atom stereocenters. The van der Waals surface area contributed by atoms with Gasteiger partial charge in [-0.3, -0.25) is 4.79 Å². The molecule has 1 amide bonds. The highest BCUT2D eigenvalue weighted by molar-refractivity contribution is 7.89. The number of nitrogens with zero attached hydrogens (tertiary/aromatic N) is 1. The molecule has 2 N–H and O–H groups in total. The van der Waals surface area contributed by atoms with Crippen LogP contribution in [0.25, 0.3) is 0 Å². The molecule has 9 heteroatoms. The highest BCUT2D eigenvalue weighted by atomic mass is 32.2. The summed E-state index contributed by atoms with van der Waals surface area (Å²) in [6.07, 6.45) is 3.84. The van der Waals surface area contributed by atoms with Gasteiger partial charge in [-0.25, -0.2) is 8.42 Å². The number of para-hydroxylation sites is 1. The zero-order chi connectivity index (χ0) is 22.8. The smallest absolute Gasteiger partial charge is 0.243 e. The van der Waals surface area contributed by atoms with Crippen molar-refractivity contribution in [2.75, 3.05) is 45.2 Å². The Morgan fingerprint density at radius 1 is 1.03 bits per heavy atom. The van der Waals surface area contributed by atoms with Gasteiger partial charge in [0.1, 0.15) is 18.1 Å². The molecule has 3 rings (SSSR count). The van der Waals surface area contributed by atoms with Crippen LogP contribution in [-0.2, 0) is 14.8 Å². The molecule has 1 heterocycles. The molecule has 174 valence electrons. The number of hydrogen-bond acceptors (Lipinski definition) is 6. The van der Waals surface area contributed by atoms with Gasteiger partial charge in [-0.2, -0.15) is 4.31 Å². The maximum atomic E-state index is 13.1. The largest absolute Gasteiger partial charge is 0.495 e. The summed E-state index contributed by atoms with van der Waals surface area (Å²) >= 11 is 0. The number of sulfonamides is 1. The molecule has 0 atom stereocenters. The highest BCUT2D eigenvalue weighted by Crippen LogP contribution is 2.29. The van der Waals surface area contributed by atoms with E-state index < -0.39 is 10.0 Å². The number of ether oxygens (including phenoxy) is 2. The standard InChI is InChI=1S/C23H31N3O5S/c1-30-22-12-11-20(32(28,29)26-14-7-2-3-8-15-26)17-21(22)25-18-23(27)24-13-16-31-19-9-5-4-6-10-19/h4-6,9-12,17,25H,2-3,7-8,13-16,18H2,1H3,(H,24,27). The summed E-state index contributed by atoms with van der Waals surface area (Å²) in [5.74, 6) is 0.983. The Morgan fingerprint density at radius 2 is 1.75 bits per heavy atom. The number of anilines is 1. The number of benzene rings is 2. The lowest BCUT2D eigenvalue weighted by molar-refractivity contribution is -0.119. The van der Waals surface area contributed by atoms with Gasteiger partial charge in [0.15, 0.2) is 0 Å². The van der Waals surface area contributed by atoms with E-state index in [0.29, 0.717) is 37.7 Å². The average Bonchev–Trinajstić information content (AvgIpc) is 3.11. The molecule has 1 aliphatic heterocycles. The molecule has 1 saturated heterocycles. The Morgan fingerprint density at radius 3 is 2.44 bits per heavy atom. The number of amides is 1. The van der Waals surface area contributed by atoms with Crippen LogP contribution in [0.1, 0.15) is 25.7 Å². The van der Waals surface area contributed by atoms with Gasteiger partial charge in [0.25, 0.3) is 0 Å². The maximum Gasteiger partial charge on any atom is 0.243 e. The van der Waals surface area contributed by atoms with Gasteiger partial charge in [-0.05, 0) is 43.2 Å². The summed E-state index contributed by atoms with van der Waals surface area (Å²) in [6.45, 7) is 1.75. The minimum atomic E-state index is -3.59. The lowest BCUT2D eigenvalue weighted by atomic mass is 10.2. The second-order valence-electron chi connectivity index (χ2n) is 7.55. The SMILES string of the molecule is COc1ccc(S(=O)(=O)N2CCCCCC2)cc1NCC(=O)NCCOc1ccccc1. The predicted octanol–water partition coefficient (Wildman–Crippen LogP) is 2.87. The quantitative estimate of drug-likeness (QED) is 0.528. The first-order valence-electron chi connectivity index (χ1n) is 10.9. The van der Waals surface area contributed by atoms with Crippen molar-refractivity contribution in [2.24, 2.45) is 0 Å². The van der Waals surface area contributed by atoms with E-state index in [-0.39, 0.29) is 17.3 Å². The molecule has 0 aromatic heterocycles. The van der Waals surface area contributed by atoms with Gasteiger partial charge in [0.2, 0.25) is 15.9 Å². The molecular formula is C23H31N3O5S. The van der Waals surface area contributed by atoms with Crippen LogP contribution in [0.15, 0.2) is 53.4 Å². The van der Waals surface area contributed by atoms with Crippen molar-refractivity contribution in [3.8, 4) is 11.5 Å². The van der Waals surface area contributed by atoms with Crippen LogP contribution >= 0.6 is 0 Å². The third-order valence-corrected chi connectivity index (χ3v) is 7.14. The van der Waals surface area contributed by atoms with E-state index in [1.54, 1.807) is 16.4 Å². The fourth-order valence-electron chi connectivity index (χ4n) is 3.53. The Kier molecular flexibility index (Phi) is 8.75. The fraction of sp³-hybridized carbons (Fsp3) is 0.435. The van der Waals surface area contributed by atoms with E-state index in [1.165, 1.54) is 13.2 Å². The number of carbonyl (C=O) groups excluding carboxylic acids is 1. The van der Waals surface area contributed by atoms with Crippen molar-refractivity contribution in [2.45, 2.75) is 30.6 Å². The van der Waals surface area contributed by atoms with Crippen molar-refractivity contribution in [1.29, 1.82) is 0 Å². The van der Waals surface area contributed by atoms with Gasteiger partial charge >= 0.3 is 0 Å². The van der Waals surface area contributed by atoms with Crippen molar-refractivity contribution in [3.63, 3.8) is 0 Å². The zero-order valence-electron chi connectivity index (χ0n) is 18.4. The van der Waals surface area contributed by atoms with E-state index in [4.69, 9.17) is 9.47 Å². The molecule has 0 spiro atoms. The third kappa shape index (κ3) is 6.61. The Labute approximate surface area is 190 Å². The monoisotopic (exact) mass is 461 g/mol. The summed E-state index contributed by atoms with van der Waals surface area (Å²) in [5.41, 5.74) is 0.457. The van der Waals surface area contributed by atoms with Crippen LogP contribution in [0.2, 0.25) is 0 Å². The summed E-state index contributed by atoms with van der Waals surface area (Å²) < 4.78 is 38.6. The molecule has 0 radical (unpaired) electrons. The molecule has 1 fully saturated rings. The van der Waals surface area contributed by atoms with Crippen LogP contribution < -0.4 is 20.1 Å². The van der Waals surface area contributed by atoms with Crippen LogP contribution in [0, 0.1) is 0 Å². The Hall–Kier alpha value is -2.78. The van der Waals surface area contributed by atoms with Gasteiger partial charge in [-0.1, -0.05) is 31.0 Å². The van der Waals surface area contributed by atoms with Gasteiger partial charge in [0, 0.05) is 13.1 Å².